The van der Waals surface area contributed by atoms with E-state index in [1.165, 1.54) is 0 Å². The van der Waals surface area contributed by atoms with E-state index in [-0.39, 0.29) is 5.25 Å². The van der Waals surface area contributed by atoms with E-state index >= 15 is 0 Å². The summed E-state index contributed by atoms with van der Waals surface area (Å²) in [4.78, 5) is 8.24. The third kappa shape index (κ3) is 4.97. The molecule has 0 bridgehead atoms. The van der Waals surface area contributed by atoms with Gasteiger partial charge in [-0.2, -0.15) is 0 Å². The summed E-state index contributed by atoms with van der Waals surface area (Å²) in [5, 5.41) is 3.49. The molecular weight excluding hydrogens is 262 g/mol. The van der Waals surface area contributed by atoms with Gasteiger partial charge in [0, 0.05) is 42.0 Å². The van der Waals surface area contributed by atoms with Crippen LogP contribution in [0.4, 0.5) is 5.82 Å². The normalized spacial score (nSPS) is 14.4. The van der Waals surface area contributed by atoms with Crippen molar-refractivity contribution in [3.63, 3.8) is 0 Å². The Hall–Kier alpha value is -0.720. The molecule has 0 fully saturated rings. The van der Waals surface area contributed by atoms with Crippen molar-refractivity contribution in [1.29, 1.82) is 0 Å². The fourth-order valence-corrected chi connectivity index (χ4v) is 1.63. The van der Waals surface area contributed by atoms with Crippen LogP contribution in [0.25, 0.3) is 0 Å². The Morgan fingerprint density at radius 2 is 2.29 bits per heavy atom. The van der Waals surface area contributed by atoms with Gasteiger partial charge < -0.3 is 10.1 Å². The third-order valence-corrected chi connectivity index (χ3v) is 3.65. The first-order valence-electron chi connectivity index (χ1n) is 5.11. The first kappa shape index (κ1) is 14.3. The predicted molar refractivity (Wildman–Crippen MR) is 69.8 cm³/mol. The van der Waals surface area contributed by atoms with Gasteiger partial charge >= 0.3 is 0 Å². The topological polar surface area (TPSA) is 64.1 Å². The lowest BCUT2D eigenvalue weighted by molar-refractivity contribution is 0.178. The number of anilines is 1. The first-order valence-corrected chi connectivity index (χ1v) is 7.11. The summed E-state index contributed by atoms with van der Waals surface area (Å²) in [6, 6.07) is 1.63. The Morgan fingerprint density at radius 3 is 2.88 bits per heavy atom. The molecule has 0 aliphatic rings. The molecule has 7 heteroatoms. The fourth-order valence-electron chi connectivity index (χ4n) is 1.11. The van der Waals surface area contributed by atoms with Crippen molar-refractivity contribution in [3.05, 3.63) is 17.0 Å². The van der Waals surface area contributed by atoms with Crippen molar-refractivity contribution >= 4 is 28.2 Å². The molecule has 1 aromatic rings. The molecule has 1 aromatic heterocycles. The van der Waals surface area contributed by atoms with Crippen LogP contribution in [0, 0.1) is 0 Å². The van der Waals surface area contributed by atoms with Gasteiger partial charge in [0.2, 0.25) is 0 Å². The van der Waals surface area contributed by atoms with E-state index in [0.717, 1.165) is 0 Å². The number of hydrogen-bond donors (Lipinski definition) is 1. The number of aromatic nitrogens is 2. The maximum Gasteiger partial charge on any atom is 0.158 e. The number of rotatable bonds is 6. The summed E-state index contributed by atoms with van der Waals surface area (Å²) >= 11 is 5.86. The average molecular weight is 278 g/mol. The maximum atomic E-state index is 11.2. The zero-order chi connectivity index (χ0) is 12.8. The number of nitrogens with one attached hydrogen (secondary N) is 1. The van der Waals surface area contributed by atoms with Gasteiger partial charge in [0.25, 0.3) is 0 Å². The van der Waals surface area contributed by atoms with E-state index in [4.69, 9.17) is 16.3 Å². The van der Waals surface area contributed by atoms with Crippen molar-refractivity contribution in [2.75, 3.05) is 25.2 Å². The molecule has 96 valence electrons. The van der Waals surface area contributed by atoms with E-state index in [0.29, 0.717) is 29.9 Å². The van der Waals surface area contributed by atoms with Crippen molar-refractivity contribution in [1.82, 2.24) is 9.97 Å². The molecule has 0 aliphatic heterocycles. The smallest absolute Gasteiger partial charge is 0.158 e. The summed E-state index contributed by atoms with van der Waals surface area (Å²) < 4.78 is 16.1. The van der Waals surface area contributed by atoms with Crippen LogP contribution in [-0.2, 0) is 22.1 Å². The second kappa shape index (κ2) is 6.88. The van der Waals surface area contributed by atoms with Crippen LogP contribution in [-0.4, -0.2) is 39.3 Å². The SMILES string of the molecule is COCc1nc(Cl)cc(NCC(C)S(C)=O)n1. The summed E-state index contributed by atoms with van der Waals surface area (Å²) in [5.74, 6) is 1.14. The van der Waals surface area contributed by atoms with E-state index < -0.39 is 10.8 Å². The zero-order valence-electron chi connectivity index (χ0n) is 10.1. The van der Waals surface area contributed by atoms with Crippen molar-refractivity contribution < 1.29 is 8.95 Å². The summed E-state index contributed by atoms with van der Waals surface area (Å²) in [6.07, 6.45) is 1.68. The summed E-state index contributed by atoms with van der Waals surface area (Å²) in [5.41, 5.74) is 0. The Labute approximate surface area is 108 Å². The van der Waals surface area contributed by atoms with Gasteiger partial charge in [0.05, 0.1) is 0 Å². The number of nitrogens with zero attached hydrogens (tertiary/aromatic N) is 2. The largest absolute Gasteiger partial charge is 0.377 e. The lowest BCUT2D eigenvalue weighted by atomic mass is 10.4. The maximum absolute atomic E-state index is 11.2. The highest BCUT2D eigenvalue weighted by atomic mass is 35.5. The lowest BCUT2D eigenvalue weighted by Gasteiger charge is -2.11. The minimum atomic E-state index is -0.862. The van der Waals surface area contributed by atoms with E-state index in [2.05, 4.69) is 15.3 Å². The highest BCUT2D eigenvalue weighted by Crippen LogP contribution is 2.12. The summed E-state index contributed by atoms with van der Waals surface area (Å²) in [7, 11) is 0.707. The van der Waals surface area contributed by atoms with Crippen LogP contribution in [0.5, 0.6) is 0 Å². The van der Waals surface area contributed by atoms with Crippen LogP contribution < -0.4 is 5.32 Å². The van der Waals surface area contributed by atoms with Crippen LogP contribution in [0.2, 0.25) is 5.15 Å². The molecule has 0 saturated heterocycles. The Balaban J connectivity index is 2.67. The van der Waals surface area contributed by atoms with Crippen molar-refractivity contribution in [3.8, 4) is 0 Å². The van der Waals surface area contributed by atoms with Crippen LogP contribution in [0.1, 0.15) is 12.7 Å². The van der Waals surface area contributed by atoms with Gasteiger partial charge in [-0.15, -0.1) is 0 Å². The zero-order valence-corrected chi connectivity index (χ0v) is 11.6. The monoisotopic (exact) mass is 277 g/mol. The van der Waals surface area contributed by atoms with Crippen LogP contribution in [0.15, 0.2) is 6.07 Å². The van der Waals surface area contributed by atoms with Gasteiger partial charge in [-0.05, 0) is 6.92 Å². The molecule has 0 spiro atoms. The van der Waals surface area contributed by atoms with E-state index in [1.54, 1.807) is 19.4 Å². The molecule has 0 aliphatic carbocycles. The Bertz CT molecular complexity index is 403. The minimum absolute atomic E-state index is 0.0506. The third-order valence-electron chi connectivity index (χ3n) is 2.15. The predicted octanol–water partition coefficient (Wildman–Crippen LogP) is 1.46. The molecule has 1 N–H and O–H groups in total. The molecule has 0 radical (unpaired) electrons. The highest BCUT2D eigenvalue weighted by Gasteiger charge is 2.07. The summed E-state index contributed by atoms with van der Waals surface area (Å²) in [6.45, 7) is 2.79. The second-order valence-corrected chi connectivity index (χ2v) is 5.80. The van der Waals surface area contributed by atoms with Gasteiger partial charge in [-0.3, -0.25) is 4.21 Å². The first-order chi connectivity index (χ1) is 8.02. The van der Waals surface area contributed by atoms with E-state index in [1.807, 2.05) is 6.92 Å². The molecule has 2 atom stereocenters. The van der Waals surface area contributed by atoms with Gasteiger partial charge in [-0.25, -0.2) is 9.97 Å². The quantitative estimate of drug-likeness (QED) is 0.798. The van der Waals surface area contributed by atoms with Gasteiger partial charge in [-0.1, -0.05) is 11.6 Å². The van der Waals surface area contributed by atoms with E-state index in [9.17, 15) is 4.21 Å². The molecule has 17 heavy (non-hydrogen) atoms. The Kier molecular flexibility index (Phi) is 5.80. The molecular formula is C10H16ClN3O2S. The van der Waals surface area contributed by atoms with Crippen molar-refractivity contribution in [2.24, 2.45) is 0 Å². The second-order valence-electron chi connectivity index (χ2n) is 3.62. The minimum Gasteiger partial charge on any atom is -0.377 e. The number of hydrogen-bond acceptors (Lipinski definition) is 5. The molecule has 0 aromatic carbocycles. The van der Waals surface area contributed by atoms with Crippen LogP contribution >= 0.6 is 11.6 Å². The fraction of sp³-hybridized carbons (Fsp3) is 0.600. The number of ether oxygens (including phenoxy) is 1. The molecule has 5 nitrogen and oxygen atoms in total. The molecule has 2 unspecified atom stereocenters. The molecule has 0 saturated carbocycles. The lowest BCUT2D eigenvalue weighted by Crippen LogP contribution is -2.21. The average Bonchev–Trinajstić information content (AvgIpc) is 2.25. The highest BCUT2D eigenvalue weighted by molar-refractivity contribution is 7.84. The molecule has 1 heterocycles. The standard InChI is InChI=1S/C10H16ClN3O2S/c1-7(17(3)15)5-12-9-4-8(11)13-10(14-9)6-16-2/h4,7H,5-6H2,1-3H3,(H,12,13,14). The number of methoxy groups -OCH3 is 1. The van der Waals surface area contributed by atoms with Gasteiger partial charge in [0.15, 0.2) is 5.82 Å². The van der Waals surface area contributed by atoms with Crippen molar-refractivity contribution in [2.45, 2.75) is 18.8 Å². The Morgan fingerprint density at radius 1 is 1.59 bits per heavy atom. The van der Waals surface area contributed by atoms with Gasteiger partial charge in [0.1, 0.15) is 17.6 Å². The molecule has 0 amide bonds. The molecule has 1 rings (SSSR count). The van der Waals surface area contributed by atoms with Crippen LogP contribution in [0.3, 0.4) is 0 Å². The number of halogens is 1.